The van der Waals surface area contributed by atoms with Gasteiger partial charge >= 0.3 is 6.36 Å². The fourth-order valence-corrected chi connectivity index (χ4v) is 4.52. The molecule has 36 heavy (non-hydrogen) atoms. The lowest BCUT2D eigenvalue weighted by Gasteiger charge is -2.37. The van der Waals surface area contributed by atoms with E-state index in [0.29, 0.717) is 22.6 Å². The summed E-state index contributed by atoms with van der Waals surface area (Å²) in [6, 6.07) is 22.6. The minimum Gasteiger partial charge on any atom is -0.497 e. The summed E-state index contributed by atoms with van der Waals surface area (Å²) in [5.41, 5.74) is 2.57. The molecule has 180 valence electrons. The van der Waals surface area contributed by atoms with E-state index in [9.17, 15) is 18.4 Å². The Bertz CT molecular complexity index is 1520. The topological polar surface area (TPSA) is 51.5 Å². The highest BCUT2D eigenvalue weighted by atomic mass is 19.4. The van der Waals surface area contributed by atoms with Crippen molar-refractivity contribution in [3.05, 3.63) is 107 Å². The Morgan fingerprint density at radius 1 is 0.889 bits per heavy atom. The predicted octanol–water partition coefficient (Wildman–Crippen LogP) is 7.28. The fourth-order valence-electron chi connectivity index (χ4n) is 4.52. The predicted molar refractivity (Wildman–Crippen MR) is 130 cm³/mol. The van der Waals surface area contributed by atoms with Gasteiger partial charge in [0.05, 0.1) is 18.7 Å². The lowest BCUT2D eigenvalue weighted by molar-refractivity contribution is -0.274. The maximum Gasteiger partial charge on any atom is 0.573 e. The largest absolute Gasteiger partial charge is 0.573 e. The standard InChI is InChI=1S/C29H20F3NO3/c1-18-15-20-4-3-19(17-33)16-26(20)27-25(18)13-14-28(36-27,21-5-9-23(34-2)10-6-21)22-7-11-24(12-8-22)35-29(30,31)32/h3-16H,1-2H3. The molecule has 4 nitrogen and oxygen atoms in total. The zero-order valence-electron chi connectivity index (χ0n) is 19.4. The molecule has 4 aromatic carbocycles. The molecule has 0 radical (unpaired) electrons. The number of benzene rings is 4. The Kier molecular flexibility index (Phi) is 5.60. The second-order valence-corrected chi connectivity index (χ2v) is 8.46. The number of ether oxygens (including phenoxy) is 3. The minimum atomic E-state index is -4.79. The van der Waals surface area contributed by atoms with E-state index in [1.807, 2.05) is 43.3 Å². The van der Waals surface area contributed by atoms with Gasteiger partial charge in [-0.2, -0.15) is 5.26 Å². The van der Waals surface area contributed by atoms with Gasteiger partial charge in [-0.1, -0.05) is 42.5 Å². The third-order valence-corrected chi connectivity index (χ3v) is 6.25. The Morgan fingerprint density at radius 2 is 1.53 bits per heavy atom. The molecule has 0 saturated heterocycles. The third kappa shape index (κ3) is 4.11. The molecule has 1 unspecified atom stereocenters. The van der Waals surface area contributed by atoms with Crippen molar-refractivity contribution in [2.45, 2.75) is 18.9 Å². The maximum atomic E-state index is 12.7. The van der Waals surface area contributed by atoms with Crippen molar-refractivity contribution < 1.29 is 27.4 Å². The molecule has 5 rings (SSSR count). The van der Waals surface area contributed by atoms with Crippen LogP contribution in [0.2, 0.25) is 0 Å². The van der Waals surface area contributed by atoms with Crippen LogP contribution in [0.4, 0.5) is 13.2 Å². The van der Waals surface area contributed by atoms with Gasteiger partial charge in [0.25, 0.3) is 0 Å². The van der Waals surface area contributed by atoms with Crippen molar-refractivity contribution >= 4 is 16.8 Å². The van der Waals surface area contributed by atoms with Crippen molar-refractivity contribution in [3.8, 4) is 23.3 Å². The number of fused-ring (bicyclic) bond motifs is 3. The Labute approximate surface area is 205 Å². The number of rotatable bonds is 4. The lowest BCUT2D eigenvalue weighted by atomic mass is 9.82. The van der Waals surface area contributed by atoms with Crippen LogP contribution in [-0.4, -0.2) is 13.5 Å². The van der Waals surface area contributed by atoms with Crippen LogP contribution in [0.3, 0.4) is 0 Å². The second-order valence-electron chi connectivity index (χ2n) is 8.46. The Morgan fingerprint density at radius 3 is 2.11 bits per heavy atom. The number of nitrogens with zero attached hydrogens (tertiary/aromatic N) is 1. The number of hydrogen-bond donors (Lipinski definition) is 0. The van der Waals surface area contributed by atoms with Crippen molar-refractivity contribution in [1.29, 1.82) is 5.26 Å². The number of hydrogen-bond acceptors (Lipinski definition) is 4. The van der Waals surface area contributed by atoms with Gasteiger partial charge in [-0.15, -0.1) is 13.2 Å². The zero-order chi connectivity index (χ0) is 25.5. The highest BCUT2D eigenvalue weighted by molar-refractivity contribution is 5.94. The fraction of sp³-hybridized carbons (Fsp3) is 0.138. The van der Waals surface area contributed by atoms with Crippen LogP contribution in [0.15, 0.2) is 78.9 Å². The first-order valence-electron chi connectivity index (χ1n) is 11.1. The summed E-state index contributed by atoms with van der Waals surface area (Å²) in [5, 5.41) is 11.1. The van der Waals surface area contributed by atoms with E-state index < -0.39 is 12.0 Å². The summed E-state index contributed by atoms with van der Waals surface area (Å²) in [6.45, 7) is 1.98. The van der Waals surface area contributed by atoms with E-state index in [2.05, 4.69) is 10.8 Å². The quantitative estimate of drug-likeness (QED) is 0.304. The van der Waals surface area contributed by atoms with Gasteiger partial charge in [0, 0.05) is 22.1 Å². The van der Waals surface area contributed by atoms with Crippen LogP contribution < -0.4 is 14.2 Å². The molecule has 0 spiro atoms. The second kappa shape index (κ2) is 8.65. The number of halogens is 3. The van der Waals surface area contributed by atoms with E-state index >= 15 is 0 Å². The molecule has 1 atom stereocenters. The van der Waals surface area contributed by atoms with Gasteiger partial charge in [-0.3, -0.25) is 0 Å². The molecule has 1 aliphatic heterocycles. The van der Waals surface area contributed by atoms with Crippen LogP contribution in [0, 0.1) is 18.3 Å². The SMILES string of the molecule is COc1ccc(C2(c3ccc(OC(F)(F)F)cc3)C=Cc3c(C)cc4ccc(C#N)cc4c3O2)cc1. The van der Waals surface area contributed by atoms with Crippen LogP contribution in [0.1, 0.15) is 27.8 Å². The van der Waals surface area contributed by atoms with Crippen molar-refractivity contribution in [3.63, 3.8) is 0 Å². The molecule has 7 heteroatoms. The smallest absolute Gasteiger partial charge is 0.497 e. The molecular weight excluding hydrogens is 467 g/mol. The number of nitriles is 1. The minimum absolute atomic E-state index is 0.323. The molecule has 1 heterocycles. The van der Waals surface area contributed by atoms with E-state index in [1.165, 1.54) is 12.1 Å². The average molecular weight is 487 g/mol. The molecule has 0 aromatic heterocycles. The monoisotopic (exact) mass is 487 g/mol. The van der Waals surface area contributed by atoms with Crippen molar-refractivity contribution in [1.82, 2.24) is 0 Å². The van der Waals surface area contributed by atoms with Crippen LogP contribution in [0.25, 0.3) is 16.8 Å². The van der Waals surface area contributed by atoms with E-state index in [4.69, 9.17) is 9.47 Å². The van der Waals surface area contributed by atoms with Crippen molar-refractivity contribution in [2.75, 3.05) is 7.11 Å². The summed E-state index contributed by atoms with van der Waals surface area (Å²) in [6.07, 6.45) is -0.939. The van der Waals surface area contributed by atoms with E-state index in [-0.39, 0.29) is 5.75 Å². The Hall–Kier alpha value is -4.44. The summed E-state index contributed by atoms with van der Waals surface area (Å²) < 4.78 is 54.3. The molecule has 0 amide bonds. The number of alkyl halides is 3. The molecule has 0 saturated carbocycles. The van der Waals surface area contributed by atoms with E-state index in [0.717, 1.165) is 27.5 Å². The zero-order valence-corrected chi connectivity index (χ0v) is 19.4. The van der Waals surface area contributed by atoms with Gasteiger partial charge in [0.1, 0.15) is 17.2 Å². The molecule has 4 aromatic rings. The van der Waals surface area contributed by atoms with Crippen LogP contribution in [-0.2, 0) is 5.60 Å². The molecular formula is C29H20F3NO3. The molecule has 0 bridgehead atoms. The maximum absolute atomic E-state index is 12.7. The van der Waals surface area contributed by atoms with Gasteiger partial charge in [-0.05, 0) is 60.3 Å². The van der Waals surface area contributed by atoms with Gasteiger partial charge < -0.3 is 14.2 Å². The summed E-state index contributed by atoms with van der Waals surface area (Å²) in [4.78, 5) is 0. The molecule has 0 N–H and O–H groups in total. The first kappa shape index (κ1) is 23.3. The highest BCUT2D eigenvalue weighted by Gasteiger charge is 2.38. The van der Waals surface area contributed by atoms with Crippen LogP contribution >= 0.6 is 0 Å². The van der Waals surface area contributed by atoms with Crippen molar-refractivity contribution in [2.24, 2.45) is 0 Å². The third-order valence-electron chi connectivity index (χ3n) is 6.25. The normalized spacial score (nSPS) is 16.7. The molecule has 1 aliphatic rings. The first-order chi connectivity index (χ1) is 17.2. The summed E-state index contributed by atoms with van der Waals surface area (Å²) in [5.74, 6) is 0.926. The molecule has 0 fully saturated rings. The lowest BCUT2D eigenvalue weighted by Crippen LogP contribution is -2.34. The summed E-state index contributed by atoms with van der Waals surface area (Å²) >= 11 is 0. The highest BCUT2D eigenvalue weighted by Crippen LogP contribution is 2.46. The molecule has 0 aliphatic carbocycles. The number of methoxy groups -OCH3 is 1. The Balaban J connectivity index is 1.71. The van der Waals surface area contributed by atoms with Crippen LogP contribution in [0.5, 0.6) is 17.2 Å². The average Bonchev–Trinajstić information content (AvgIpc) is 2.88. The van der Waals surface area contributed by atoms with Gasteiger partial charge in [0.15, 0.2) is 5.60 Å². The van der Waals surface area contributed by atoms with Gasteiger partial charge in [-0.25, -0.2) is 0 Å². The number of aryl methyl sites for hydroxylation is 1. The van der Waals surface area contributed by atoms with E-state index in [1.54, 1.807) is 43.5 Å². The van der Waals surface area contributed by atoms with Gasteiger partial charge in [0.2, 0.25) is 0 Å². The summed E-state index contributed by atoms with van der Waals surface area (Å²) in [7, 11) is 1.57. The first-order valence-corrected chi connectivity index (χ1v) is 11.1.